The highest BCUT2D eigenvalue weighted by Gasteiger charge is 2.42. The number of Topliss-reactive ketones (excluding diaryl/α,β-unsaturated/α-hetero) is 1. The van der Waals surface area contributed by atoms with Crippen LogP contribution in [-0.2, 0) is 4.79 Å². The molecular formula is C19H16Cl2O4. The fourth-order valence-corrected chi connectivity index (χ4v) is 3.91. The molecule has 6 heteroatoms. The van der Waals surface area contributed by atoms with E-state index in [-0.39, 0.29) is 33.4 Å². The number of carbonyl (C=O) groups is 2. The number of ketones is 1. The number of aliphatic carboxylic acids is 1. The van der Waals surface area contributed by atoms with E-state index < -0.39 is 12.6 Å². The fraction of sp³-hybridized carbons (Fsp3) is 0.263. The van der Waals surface area contributed by atoms with Crippen molar-refractivity contribution in [2.45, 2.75) is 19.3 Å². The lowest BCUT2D eigenvalue weighted by atomic mass is 9.84. The van der Waals surface area contributed by atoms with Crippen LogP contribution in [0.5, 0.6) is 5.75 Å². The average molecular weight is 379 g/mol. The van der Waals surface area contributed by atoms with Gasteiger partial charge in [-0.3, -0.25) is 4.79 Å². The zero-order valence-electron chi connectivity index (χ0n) is 13.5. The highest BCUT2D eigenvalue weighted by molar-refractivity contribution is 6.45. The molecule has 130 valence electrons. The molecule has 1 N–H and O–H groups in total. The van der Waals surface area contributed by atoms with E-state index >= 15 is 0 Å². The van der Waals surface area contributed by atoms with E-state index in [1.807, 2.05) is 37.3 Å². The molecule has 1 aliphatic carbocycles. The summed E-state index contributed by atoms with van der Waals surface area (Å²) in [6, 6.07) is 11.3. The quantitative estimate of drug-likeness (QED) is 0.810. The first-order valence-electron chi connectivity index (χ1n) is 7.91. The van der Waals surface area contributed by atoms with Gasteiger partial charge >= 0.3 is 5.97 Å². The molecule has 2 unspecified atom stereocenters. The van der Waals surface area contributed by atoms with Crippen molar-refractivity contribution in [2.24, 2.45) is 5.92 Å². The first-order valence-corrected chi connectivity index (χ1v) is 8.66. The molecule has 0 fully saturated rings. The molecule has 0 saturated carbocycles. The Labute approximate surface area is 155 Å². The lowest BCUT2D eigenvalue weighted by molar-refractivity contribution is -0.139. The molecular weight excluding hydrogens is 363 g/mol. The molecule has 2 atom stereocenters. The maximum Gasteiger partial charge on any atom is 0.341 e. The summed E-state index contributed by atoms with van der Waals surface area (Å²) in [4.78, 5) is 23.7. The van der Waals surface area contributed by atoms with E-state index in [0.717, 1.165) is 11.1 Å². The molecule has 0 aromatic heterocycles. The van der Waals surface area contributed by atoms with Crippen LogP contribution >= 0.6 is 23.2 Å². The number of halogens is 2. The standard InChI is InChI=1S/C19H16Cl2O4/c1-2-11-15(10-6-4-3-5-7-10)12-8-13(25-9-14(22)23)17(20)18(21)16(12)19(11)24/h3-8,11,15H,2,9H2,1H3,(H,22,23). The molecule has 2 aromatic carbocycles. The molecule has 4 nitrogen and oxygen atoms in total. The monoisotopic (exact) mass is 378 g/mol. The molecule has 0 amide bonds. The third-order valence-electron chi connectivity index (χ3n) is 4.47. The van der Waals surface area contributed by atoms with E-state index in [1.165, 1.54) is 0 Å². The number of carbonyl (C=O) groups excluding carboxylic acids is 1. The Hall–Kier alpha value is -2.04. The molecule has 0 heterocycles. The molecule has 1 aliphatic rings. The van der Waals surface area contributed by atoms with Gasteiger partial charge in [-0.15, -0.1) is 0 Å². The van der Waals surface area contributed by atoms with Gasteiger partial charge in [0, 0.05) is 17.4 Å². The largest absolute Gasteiger partial charge is 0.480 e. The molecule has 0 spiro atoms. The van der Waals surface area contributed by atoms with Crippen LogP contribution < -0.4 is 4.74 Å². The van der Waals surface area contributed by atoms with Crippen LogP contribution in [0.25, 0.3) is 0 Å². The van der Waals surface area contributed by atoms with Crippen molar-refractivity contribution in [3.05, 3.63) is 63.1 Å². The Morgan fingerprint density at radius 1 is 1.20 bits per heavy atom. The Balaban J connectivity index is 2.16. The van der Waals surface area contributed by atoms with Gasteiger partial charge in [0.1, 0.15) is 10.8 Å². The zero-order chi connectivity index (χ0) is 18.1. The Bertz CT molecular complexity index is 833. The number of rotatable bonds is 5. The summed E-state index contributed by atoms with van der Waals surface area (Å²) >= 11 is 12.6. The average Bonchev–Trinajstić information content (AvgIpc) is 2.89. The van der Waals surface area contributed by atoms with E-state index in [9.17, 15) is 9.59 Å². The second-order valence-electron chi connectivity index (χ2n) is 5.92. The molecule has 0 radical (unpaired) electrons. The van der Waals surface area contributed by atoms with Crippen molar-refractivity contribution in [1.29, 1.82) is 0 Å². The van der Waals surface area contributed by atoms with Crippen molar-refractivity contribution in [1.82, 2.24) is 0 Å². The van der Waals surface area contributed by atoms with Crippen LogP contribution in [0.3, 0.4) is 0 Å². The number of carboxylic acids is 1. The number of benzene rings is 2. The highest BCUT2D eigenvalue weighted by Crippen LogP contribution is 2.50. The predicted octanol–water partition coefficient (Wildman–Crippen LogP) is 4.81. The van der Waals surface area contributed by atoms with Crippen LogP contribution in [0, 0.1) is 5.92 Å². The summed E-state index contributed by atoms with van der Waals surface area (Å²) in [7, 11) is 0. The molecule has 0 saturated heterocycles. The second-order valence-corrected chi connectivity index (χ2v) is 6.67. The van der Waals surface area contributed by atoms with Crippen molar-refractivity contribution >= 4 is 35.0 Å². The molecule has 0 bridgehead atoms. The van der Waals surface area contributed by atoms with E-state index in [4.69, 9.17) is 33.0 Å². The molecule has 0 aliphatic heterocycles. The van der Waals surface area contributed by atoms with E-state index in [0.29, 0.717) is 12.0 Å². The lowest BCUT2D eigenvalue weighted by Gasteiger charge is -2.19. The SMILES string of the molecule is CCC1C(=O)c2c(cc(OCC(=O)O)c(Cl)c2Cl)C1c1ccccc1. The Morgan fingerprint density at radius 2 is 1.88 bits per heavy atom. The van der Waals surface area contributed by atoms with Gasteiger partial charge in [-0.2, -0.15) is 0 Å². The van der Waals surface area contributed by atoms with Crippen LogP contribution in [0.4, 0.5) is 0 Å². The molecule has 3 rings (SSSR count). The van der Waals surface area contributed by atoms with Gasteiger partial charge in [-0.05, 0) is 23.6 Å². The number of hydrogen-bond acceptors (Lipinski definition) is 3. The predicted molar refractivity (Wildman–Crippen MR) is 96.0 cm³/mol. The topological polar surface area (TPSA) is 63.6 Å². The third-order valence-corrected chi connectivity index (χ3v) is 5.32. The second kappa shape index (κ2) is 7.06. The normalized spacial score (nSPS) is 18.9. The van der Waals surface area contributed by atoms with E-state index in [2.05, 4.69) is 0 Å². The summed E-state index contributed by atoms with van der Waals surface area (Å²) in [6.45, 7) is 1.43. The Kier molecular flexibility index (Phi) is 5.02. The van der Waals surface area contributed by atoms with Gasteiger partial charge in [0.05, 0.1) is 5.02 Å². The fourth-order valence-electron chi connectivity index (χ4n) is 3.41. The van der Waals surface area contributed by atoms with Gasteiger partial charge in [-0.1, -0.05) is 60.5 Å². The minimum absolute atomic E-state index is 0.0389. The number of carboxylic acid groups (broad SMARTS) is 1. The molecule has 25 heavy (non-hydrogen) atoms. The van der Waals surface area contributed by atoms with Crippen LogP contribution in [0.1, 0.15) is 40.7 Å². The van der Waals surface area contributed by atoms with E-state index in [1.54, 1.807) is 6.07 Å². The van der Waals surface area contributed by atoms with Crippen LogP contribution in [0.15, 0.2) is 36.4 Å². The van der Waals surface area contributed by atoms with Crippen molar-refractivity contribution < 1.29 is 19.4 Å². The van der Waals surface area contributed by atoms with Gasteiger partial charge in [0.15, 0.2) is 12.4 Å². The smallest absolute Gasteiger partial charge is 0.341 e. The number of ether oxygens (including phenoxy) is 1. The van der Waals surface area contributed by atoms with Crippen molar-refractivity contribution in [3.63, 3.8) is 0 Å². The maximum atomic E-state index is 12.9. The Morgan fingerprint density at radius 3 is 2.48 bits per heavy atom. The summed E-state index contributed by atoms with van der Waals surface area (Å²) in [5.41, 5.74) is 2.15. The first kappa shape index (κ1) is 17.8. The van der Waals surface area contributed by atoms with Gasteiger partial charge < -0.3 is 9.84 Å². The first-order chi connectivity index (χ1) is 12.0. The van der Waals surface area contributed by atoms with Gasteiger partial charge in [0.2, 0.25) is 0 Å². The van der Waals surface area contributed by atoms with Crippen molar-refractivity contribution in [2.75, 3.05) is 6.61 Å². The van der Waals surface area contributed by atoms with Crippen LogP contribution in [-0.4, -0.2) is 23.5 Å². The van der Waals surface area contributed by atoms with Crippen LogP contribution in [0.2, 0.25) is 10.0 Å². The third kappa shape index (κ3) is 3.12. The zero-order valence-corrected chi connectivity index (χ0v) is 15.0. The highest BCUT2D eigenvalue weighted by atomic mass is 35.5. The summed E-state index contributed by atoms with van der Waals surface area (Å²) in [6.07, 6.45) is 0.659. The molecule has 2 aromatic rings. The summed E-state index contributed by atoms with van der Waals surface area (Å²) in [5.74, 6) is -1.37. The number of fused-ring (bicyclic) bond motifs is 1. The summed E-state index contributed by atoms with van der Waals surface area (Å²) in [5, 5.41) is 9.02. The minimum atomic E-state index is -1.12. The van der Waals surface area contributed by atoms with Crippen molar-refractivity contribution in [3.8, 4) is 5.75 Å². The maximum absolute atomic E-state index is 12.9. The van der Waals surface area contributed by atoms with Gasteiger partial charge in [0.25, 0.3) is 0 Å². The summed E-state index contributed by atoms with van der Waals surface area (Å²) < 4.78 is 5.27. The number of hydrogen-bond donors (Lipinski definition) is 1. The lowest BCUT2D eigenvalue weighted by Crippen LogP contribution is -2.13. The minimum Gasteiger partial charge on any atom is -0.480 e. The van der Waals surface area contributed by atoms with Gasteiger partial charge in [-0.25, -0.2) is 4.79 Å².